The second-order valence-corrected chi connectivity index (χ2v) is 3.19. The number of hydrogen-bond donors (Lipinski definition) is 1. The highest BCUT2D eigenvalue weighted by molar-refractivity contribution is 6.58. The summed E-state index contributed by atoms with van der Waals surface area (Å²) >= 11 is 0. The molecule has 0 bridgehead atoms. The van der Waals surface area contributed by atoms with Crippen LogP contribution in [-0.4, -0.2) is 20.4 Å². The number of hydrogen-bond acceptors (Lipinski definition) is 2. The fraction of sp³-hybridized carbons (Fsp3) is 1.00. The highest BCUT2D eigenvalue weighted by atomic mass is 16.6. The van der Waals surface area contributed by atoms with Gasteiger partial charge in [0.2, 0.25) is 0 Å². The van der Waals surface area contributed by atoms with Gasteiger partial charge in [-0.1, -0.05) is 46.7 Å². The van der Waals surface area contributed by atoms with Gasteiger partial charge in [-0.3, -0.25) is 0 Å². The van der Waals surface area contributed by atoms with E-state index < -0.39 is 0 Å². The van der Waals surface area contributed by atoms with Crippen LogP contribution in [0.2, 0.25) is 19.0 Å². The van der Waals surface area contributed by atoms with Gasteiger partial charge in [-0.15, -0.1) is 0 Å². The fourth-order valence-corrected chi connectivity index (χ4v) is 1.07. The lowest BCUT2D eigenvalue weighted by molar-refractivity contribution is 0.0920. The minimum absolute atomic E-state index is 0.941. The van der Waals surface area contributed by atoms with Crippen LogP contribution in [0.5, 0.6) is 0 Å². The molecule has 80 valence electrons. The Morgan fingerprint density at radius 2 is 1.46 bits per heavy atom. The van der Waals surface area contributed by atoms with Crippen molar-refractivity contribution in [3.8, 4) is 0 Å². The van der Waals surface area contributed by atoms with Gasteiger partial charge in [0.25, 0.3) is 0 Å². The maximum absolute atomic E-state index is 4.53. The molecular weight excluding hydrogens is 161 g/mol. The third-order valence-electron chi connectivity index (χ3n) is 2.23. The van der Waals surface area contributed by atoms with Crippen molar-refractivity contribution < 1.29 is 4.84 Å². The Hall–Kier alpha value is -0.0151. The minimum atomic E-state index is 0.941. The summed E-state index contributed by atoms with van der Waals surface area (Å²) < 4.78 is 0. The van der Waals surface area contributed by atoms with Crippen molar-refractivity contribution in [2.45, 2.75) is 53.1 Å². The van der Waals surface area contributed by atoms with Gasteiger partial charge >= 0.3 is 0 Å². The molecule has 0 aliphatic heterocycles. The van der Waals surface area contributed by atoms with Crippen LogP contribution in [0.4, 0.5) is 0 Å². The molecule has 0 atom stereocenters. The van der Waals surface area contributed by atoms with Crippen molar-refractivity contribution in [2.24, 2.45) is 0 Å². The predicted molar refractivity (Wildman–Crippen MR) is 62.5 cm³/mol. The van der Waals surface area contributed by atoms with Crippen LogP contribution in [0.1, 0.15) is 34.1 Å². The lowest BCUT2D eigenvalue weighted by Gasteiger charge is -2.00. The molecule has 0 aliphatic rings. The van der Waals surface area contributed by atoms with Crippen LogP contribution >= 0.6 is 0 Å². The van der Waals surface area contributed by atoms with Crippen molar-refractivity contribution in [3.05, 3.63) is 0 Å². The Balaban J connectivity index is 0. The van der Waals surface area contributed by atoms with E-state index in [4.69, 9.17) is 0 Å². The number of rotatable bonds is 6. The van der Waals surface area contributed by atoms with Crippen LogP contribution in [0, 0.1) is 0 Å². The highest BCUT2D eigenvalue weighted by Crippen LogP contribution is 2.01. The Morgan fingerprint density at radius 3 is 1.54 bits per heavy atom. The standard InChI is InChI=1S/C6H15B.C4H11NO/c1-4-7(5-2)6-3;1-3-4-5-6-2/h4-6H2,1-3H3;5H,3-4H2,1-2H3. The van der Waals surface area contributed by atoms with E-state index in [-0.39, 0.29) is 0 Å². The zero-order valence-corrected chi connectivity index (χ0v) is 10.0. The molecule has 0 rings (SSSR count). The van der Waals surface area contributed by atoms with E-state index in [9.17, 15) is 0 Å². The summed E-state index contributed by atoms with van der Waals surface area (Å²) in [6.07, 6.45) is 5.18. The fourth-order valence-electron chi connectivity index (χ4n) is 1.07. The molecule has 0 saturated carbocycles. The molecule has 0 aliphatic carbocycles. The predicted octanol–water partition coefficient (Wildman–Crippen LogP) is 3.09. The third-order valence-corrected chi connectivity index (χ3v) is 2.23. The van der Waals surface area contributed by atoms with Gasteiger partial charge in [-0.25, -0.2) is 5.48 Å². The maximum Gasteiger partial charge on any atom is 0.139 e. The molecule has 2 nitrogen and oxygen atoms in total. The maximum atomic E-state index is 4.53. The number of nitrogens with one attached hydrogen (secondary N) is 1. The Morgan fingerprint density at radius 1 is 1.00 bits per heavy atom. The molecule has 0 unspecified atom stereocenters. The monoisotopic (exact) mass is 187 g/mol. The summed E-state index contributed by atoms with van der Waals surface area (Å²) in [4.78, 5) is 4.53. The van der Waals surface area contributed by atoms with Gasteiger partial charge in [0, 0.05) is 6.54 Å². The third kappa shape index (κ3) is 14.8. The highest BCUT2D eigenvalue weighted by Gasteiger charge is 2.01. The largest absolute Gasteiger partial charge is 0.305 e. The van der Waals surface area contributed by atoms with Crippen molar-refractivity contribution in [2.75, 3.05) is 13.7 Å². The van der Waals surface area contributed by atoms with Crippen LogP contribution < -0.4 is 5.48 Å². The zero-order valence-electron chi connectivity index (χ0n) is 10.0. The summed E-state index contributed by atoms with van der Waals surface area (Å²) in [6, 6.07) is 0. The average Bonchev–Trinajstić information content (AvgIpc) is 2.18. The zero-order chi connectivity index (χ0) is 10.5. The Labute approximate surface area is 84.5 Å². The first-order chi connectivity index (χ1) is 6.26. The van der Waals surface area contributed by atoms with Crippen molar-refractivity contribution >= 4 is 6.71 Å². The summed E-state index contributed by atoms with van der Waals surface area (Å²) in [6.45, 7) is 10.8. The van der Waals surface area contributed by atoms with Crippen LogP contribution in [0.25, 0.3) is 0 Å². The molecule has 0 fully saturated rings. The van der Waals surface area contributed by atoms with Crippen molar-refractivity contribution in [3.63, 3.8) is 0 Å². The van der Waals surface area contributed by atoms with Crippen LogP contribution in [0.3, 0.4) is 0 Å². The van der Waals surface area contributed by atoms with Gasteiger partial charge in [0.15, 0.2) is 0 Å². The summed E-state index contributed by atoms with van der Waals surface area (Å²) in [7, 11) is 1.62. The number of hydroxylamine groups is 1. The smallest absolute Gasteiger partial charge is 0.139 e. The van der Waals surface area contributed by atoms with E-state index in [0.29, 0.717) is 0 Å². The van der Waals surface area contributed by atoms with E-state index in [1.54, 1.807) is 7.11 Å². The van der Waals surface area contributed by atoms with Gasteiger partial charge in [0.05, 0.1) is 7.11 Å². The van der Waals surface area contributed by atoms with E-state index in [1.807, 2.05) is 0 Å². The van der Waals surface area contributed by atoms with Crippen molar-refractivity contribution in [1.82, 2.24) is 5.48 Å². The summed E-state index contributed by atoms with van der Waals surface area (Å²) in [5.41, 5.74) is 2.70. The first-order valence-corrected chi connectivity index (χ1v) is 5.52. The summed E-state index contributed by atoms with van der Waals surface area (Å²) in [5.74, 6) is 0. The molecule has 0 aromatic rings. The molecule has 0 spiro atoms. The molecule has 1 N–H and O–H groups in total. The average molecular weight is 187 g/mol. The first kappa shape index (κ1) is 15.5. The van der Waals surface area contributed by atoms with E-state index in [2.05, 4.69) is 38.0 Å². The van der Waals surface area contributed by atoms with E-state index in [1.165, 1.54) is 19.0 Å². The van der Waals surface area contributed by atoms with Crippen LogP contribution in [0.15, 0.2) is 0 Å². The minimum Gasteiger partial charge on any atom is -0.305 e. The normalized spacial score (nSPS) is 9.00. The molecule has 13 heavy (non-hydrogen) atoms. The Kier molecular flexibility index (Phi) is 17.2. The van der Waals surface area contributed by atoms with E-state index >= 15 is 0 Å². The lowest BCUT2D eigenvalue weighted by Crippen LogP contribution is -2.11. The van der Waals surface area contributed by atoms with Gasteiger partial charge in [-0.05, 0) is 6.42 Å². The molecule has 0 aromatic heterocycles. The molecule has 3 heteroatoms. The molecule has 0 saturated heterocycles. The van der Waals surface area contributed by atoms with Crippen molar-refractivity contribution in [1.29, 1.82) is 0 Å². The summed E-state index contributed by atoms with van der Waals surface area (Å²) in [5, 5.41) is 0. The quantitative estimate of drug-likeness (QED) is 0.392. The molecule has 0 radical (unpaired) electrons. The molecule has 0 amide bonds. The topological polar surface area (TPSA) is 21.3 Å². The van der Waals surface area contributed by atoms with Gasteiger partial charge in [0.1, 0.15) is 6.71 Å². The second kappa shape index (κ2) is 14.5. The molecule has 0 aromatic carbocycles. The second-order valence-electron chi connectivity index (χ2n) is 3.19. The van der Waals surface area contributed by atoms with Gasteiger partial charge in [-0.2, -0.15) is 0 Å². The van der Waals surface area contributed by atoms with E-state index in [0.717, 1.165) is 19.7 Å². The Bertz CT molecular complexity index is 67.8. The lowest BCUT2D eigenvalue weighted by atomic mass is 9.44. The molecule has 0 heterocycles. The first-order valence-electron chi connectivity index (χ1n) is 5.52. The SMILES string of the molecule is CCB(CC)CC.CCCNOC. The van der Waals surface area contributed by atoms with Gasteiger partial charge < -0.3 is 4.84 Å². The molecular formula is C10H26BNO. The van der Waals surface area contributed by atoms with Crippen LogP contribution in [-0.2, 0) is 4.84 Å².